The zero-order valence-corrected chi connectivity index (χ0v) is 8.01. The molecule has 84 valence electrons. The van der Waals surface area contributed by atoms with Crippen molar-refractivity contribution in [2.45, 2.75) is 31.2 Å². The van der Waals surface area contributed by atoms with Crippen LogP contribution in [0.4, 0.5) is 13.2 Å². The maximum Gasteiger partial charge on any atom is 0.418 e. The molecule has 1 fully saturated rings. The lowest BCUT2D eigenvalue weighted by Crippen LogP contribution is -2.51. The molecule has 6 heteroatoms. The van der Waals surface area contributed by atoms with Crippen molar-refractivity contribution in [1.29, 1.82) is 0 Å². The zero-order valence-electron chi connectivity index (χ0n) is 8.01. The number of nitrogens with two attached hydrogens (primary N) is 1. The largest absolute Gasteiger partial charge is 0.418 e. The molecule has 0 aromatic rings. The summed E-state index contributed by atoms with van der Waals surface area (Å²) in [6, 6.07) is -0.0703. The molecule has 3 nitrogen and oxygen atoms in total. The van der Waals surface area contributed by atoms with Gasteiger partial charge in [-0.1, -0.05) is 0 Å². The van der Waals surface area contributed by atoms with Gasteiger partial charge >= 0.3 is 6.18 Å². The van der Waals surface area contributed by atoms with Gasteiger partial charge in [-0.25, -0.2) is 0 Å². The van der Waals surface area contributed by atoms with Crippen LogP contribution < -0.4 is 5.73 Å². The van der Waals surface area contributed by atoms with Crippen LogP contribution in [-0.2, 0) is 0 Å². The van der Waals surface area contributed by atoms with E-state index in [4.69, 9.17) is 5.73 Å². The minimum absolute atomic E-state index is 0.0703. The number of halogens is 3. The van der Waals surface area contributed by atoms with Crippen molar-refractivity contribution in [2.75, 3.05) is 19.6 Å². The van der Waals surface area contributed by atoms with Gasteiger partial charge in [0.25, 0.3) is 0 Å². The first-order valence-electron chi connectivity index (χ1n) is 4.49. The zero-order chi connectivity index (χ0) is 11.0. The molecule has 0 aromatic carbocycles. The van der Waals surface area contributed by atoms with E-state index in [0.29, 0.717) is 19.5 Å². The van der Waals surface area contributed by atoms with Gasteiger partial charge in [0.1, 0.15) is 0 Å². The van der Waals surface area contributed by atoms with Gasteiger partial charge in [0.2, 0.25) is 0 Å². The third kappa shape index (κ3) is 2.59. The van der Waals surface area contributed by atoms with Crippen molar-refractivity contribution in [3.63, 3.8) is 0 Å². The molecule has 1 rings (SSSR count). The summed E-state index contributed by atoms with van der Waals surface area (Å²) in [5.74, 6) is 0. The standard InChI is InChI=1S/C8H15F3N2O/c1-7(14,8(9,10)11)5-13-3-2-6(12)4-13/h6,14H,2-5,12H2,1H3. The summed E-state index contributed by atoms with van der Waals surface area (Å²) >= 11 is 0. The summed E-state index contributed by atoms with van der Waals surface area (Å²) in [7, 11) is 0. The molecule has 14 heavy (non-hydrogen) atoms. The van der Waals surface area contributed by atoms with Gasteiger partial charge in [-0.2, -0.15) is 13.2 Å². The summed E-state index contributed by atoms with van der Waals surface area (Å²) in [5, 5.41) is 9.19. The smallest absolute Gasteiger partial charge is 0.380 e. The average Bonchev–Trinajstić information content (AvgIpc) is 2.31. The normalized spacial score (nSPS) is 29.1. The molecule has 2 atom stereocenters. The van der Waals surface area contributed by atoms with Crippen LogP contribution in [0.25, 0.3) is 0 Å². The molecule has 1 aliphatic heterocycles. The monoisotopic (exact) mass is 212 g/mol. The Bertz CT molecular complexity index is 205. The van der Waals surface area contributed by atoms with E-state index < -0.39 is 18.3 Å². The molecule has 0 aliphatic carbocycles. The highest BCUT2D eigenvalue weighted by molar-refractivity contribution is 4.88. The average molecular weight is 212 g/mol. The first kappa shape index (κ1) is 11.7. The molecular formula is C8H15F3N2O. The summed E-state index contributed by atoms with van der Waals surface area (Å²) in [6.07, 6.45) is -3.90. The topological polar surface area (TPSA) is 49.5 Å². The van der Waals surface area contributed by atoms with Gasteiger partial charge in [-0.05, 0) is 19.9 Å². The summed E-state index contributed by atoms with van der Waals surface area (Å²) in [6.45, 7) is 1.33. The summed E-state index contributed by atoms with van der Waals surface area (Å²) in [5.41, 5.74) is 2.91. The Morgan fingerprint density at radius 3 is 2.43 bits per heavy atom. The molecule has 0 saturated carbocycles. The molecule has 1 aliphatic rings. The van der Waals surface area contributed by atoms with Crippen LogP contribution in [-0.4, -0.2) is 47.5 Å². The van der Waals surface area contributed by atoms with E-state index in [9.17, 15) is 18.3 Å². The molecule has 1 heterocycles. The highest BCUT2D eigenvalue weighted by atomic mass is 19.4. The number of likely N-dealkylation sites (tertiary alicyclic amines) is 1. The van der Waals surface area contributed by atoms with E-state index in [2.05, 4.69) is 0 Å². The summed E-state index contributed by atoms with van der Waals surface area (Å²) in [4.78, 5) is 1.54. The summed E-state index contributed by atoms with van der Waals surface area (Å²) < 4.78 is 36.8. The number of hydrogen-bond donors (Lipinski definition) is 2. The predicted octanol–water partition coefficient (Wildman–Crippen LogP) is 0.333. The fourth-order valence-electron chi connectivity index (χ4n) is 1.53. The number of nitrogens with zero attached hydrogens (tertiary/aromatic N) is 1. The Hall–Kier alpha value is -0.330. The number of β-amino-alcohol motifs (C(OH)–C–C–N with tert-alkyl or cyclic N) is 1. The molecule has 0 bridgehead atoms. The van der Waals surface area contributed by atoms with Crippen molar-refractivity contribution in [1.82, 2.24) is 4.90 Å². The van der Waals surface area contributed by atoms with Crippen LogP contribution in [0.2, 0.25) is 0 Å². The second-order valence-corrected chi connectivity index (χ2v) is 4.06. The van der Waals surface area contributed by atoms with E-state index >= 15 is 0 Å². The molecule has 3 N–H and O–H groups in total. The second-order valence-electron chi connectivity index (χ2n) is 4.06. The van der Waals surface area contributed by atoms with Crippen LogP contribution in [0.15, 0.2) is 0 Å². The lowest BCUT2D eigenvalue weighted by atomic mass is 10.1. The molecule has 0 amide bonds. The molecule has 0 radical (unpaired) electrons. The minimum Gasteiger partial charge on any atom is -0.380 e. The van der Waals surface area contributed by atoms with Crippen LogP contribution in [0.5, 0.6) is 0 Å². The van der Waals surface area contributed by atoms with Crippen LogP contribution in [0.3, 0.4) is 0 Å². The quantitative estimate of drug-likeness (QED) is 0.693. The van der Waals surface area contributed by atoms with Gasteiger partial charge in [0, 0.05) is 19.1 Å². The number of hydrogen-bond acceptors (Lipinski definition) is 3. The maximum absolute atomic E-state index is 12.3. The lowest BCUT2D eigenvalue weighted by Gasteiger charge is -2.30. The van der Waals surface area contributed by atoms with E-state index in [1.165, 1.54) is 4.90 Å². The highest BCUT2D eigenvalue weighted by Crippen LogP contribution is 2.31. The van der Waals surface area contributed by atoms with E-state index in [-0.39, 0.29) is 6.04 Å². The Kier molecular flexibility index (Phi) is 3.08. The van der Waals surface area contributed by atoms with Crippen molar-refractivity contribution < 1.29 is 18.3 Å². The molecular weight excluding hydrogens is 197 g/mol. The van der Waals surface area contributed by atoms with E-state index in [0.717, 1.165) is 6.92 Å². The van der Waals surface area contributed by atoms with Crippen LogP contribution in [0, 0.1) is 0 Å². The van der Waals surface area contributed by atoms with Gasteiger partial charge in [0.05, 0.1) is 0 Å². The molecule has 2 unspecified atom stereocenters. The second kappa shape index (κ2) is 3.67. The van der Waals surface area contributed by atoms with Crippen molar-refractivity contribution in [3.8, 4) is 0 Å². The predicted molar refractivity (Wildman–Crippen MR) is 45.7 cm³/mol. The Labute approximate surface area is 80.7 Å². The van der Waals surface area contributed by atoms with Gasteiger partial charge in [-0.15, -0.1) is 0 Å². The lowest BCUT2D eigenvalue weighted by molar-refractivity contribution is -0.256. The van der Waals surface area contributed by atoms with Gasteiger partial charge in [-0.3, -0.25) is 4.90 Å². The third-order valence-corrected chi connectivity index (χ3v) is 2.45. The minimum atomic E-state index is -4.58. The number of alkyl halides is 3. The van der Waals surface area contributed by atoms with E-state index in [1.54, 1.807) is 0 Å². The highest BCUT2D eigenvalue weighted by Gasteiger charge is 2.50. The Balaban J connectivity index is 2.51. The van der Waals surface area contributed by atoms with E-state index in [1.807, 2.05) is 0 Å². The first-order valence-corrected chi connectivity index (χ1v) is 4.49. The van der Waals surface area contributed by atoms with Crippen molar-refractivity contribution in [2.24, 2.45) is 5.73 Å². The third-order valence-electron chi connectivity index (χ3n) is 2.45. The van der Waals surface area contributed by atoms with Crippen LogP contribution >= 0.6 is 0 Å². The fourth-order valence-corrected chi connectivity index (χ4v) is 1.53. The Morgan fingerprint density at radius 1 is 1.50 bits per heavy atom. The van der Waals surface area contributed by atoms with Crippen LogP contribution in [0.1, 0.15) is 13.3 Å². The van der Waals surface area contributed by atoms with Crippen molar-refractivity contribution in [3.05, 3.63) is 0 Å². The Morgan fingerprint density at radius 2 is 2.07 bits per heavy atom. The number of aliphatic hydroxyl groups is 1. The SMILES string of the molecule is CC(O)(CN1CCC(N)C1)C(F)(F)F. The maximum atomic E-state index is 12.3. The van der Waals surface area contributed by atoms with Gasteiger partial charge in [0.15, 0.2) is 5.60 Å². The molecule has 0 spiro atoms. The fraction of sp³-hybridized carbons (Fsp3) is 1.00. The number of rotatable bonds is 2. The van der Waals surface area contributed by atoms with Gasteiger partial charge < -0.3 is 10.8 Å². The first-order chi connectivity index (χ1) is 6.22. The van der Waals surface area contributed by atoms with Crippen molar-refractivity contribution >= 4 is 0 Å². The molecule has 1 saturated heterocycles. The molecule has 0 aromatic heterocycles.